The van der Waals surface area contributed by atoms with Crippen LogP contribution in [0.3, 0.4) is 0 Å². The Morgan fingerprint density at radius 1 is 1.31 bits per heavy atom. The first-order valence-electron chi connectivity index (χ1n) is 5.93. The van der Waals surface area contributed by atoms with Crippen LogP contribution in [-0.2, 0) is 6.42 Å². The van der Waals surface area contributed by atoms with E-state index in [0.29, 0.717) is 6.61 Å². The predicted molar refractivity (Wildman–Crippen MR) is 68.9 cm³/mol. The molecule has 90 valence electrons. The third-order valence-electron chi connectivity index (χ3n) is 2.66. The fraction of sp³-hybridized carbons (Fsp3) is 0.571. The van der Waals surface area contributed by atoms with E-state index in [1.54, 1.807) is 0 Å². The molecule has 0 aromatic heterocycles. The largest absolute Gasteiger partial charge is 0.494 e. The molecule has 0 bridgehead atoms. The van der Waals surface area contributed by atoms with Gasteiger partial charge in [0.25, 0.3) is 0 Å². The zero-order valence-electron chi connectivity index (χ0n) is 10.8. The van der Waals surface area contributed by atoms with Gasteiger partial charge in [-0.3, -0.25) is 0 Å². The second kappa shape index (κ2) is 5.35. The number of benzene rings is 1. The molecule has 0 spiro atoms. The Balaban J connectivity index is 2.68. The van der Waals surface area contributed by atoms with E-state index in [0.717, 1.165) is 18.6 Å². The minimum absolute atomic E-state index is 0.0922. The lowest BCUT2D eigenvalue weighted by Gasteiger charge is -2.19. The van der Waals surface area contributed by atoms with Gasteiger partial charge < -0.3 is 10.5 Å². The van der Waals surface area contributed by atoms with Crippen molar-refractivity contribution in [2.45, 2.75) is 46.1 Å². The molecule has 0 atom stereocenters. The van der Waals surface area contributed by atoms with E-state index >= 15 is 0 Å². The Morgan fingerprint density at radius 3 is 2.50 bits per heavy atom. The first kappa shape index (κ1) is 13.0. The molecule has 1 aromatic carbocycles. The third-order valence-corrected chi connectivity index (χ3v) is 2.66. The Kier molecular flexibility index (Phi) is 4.36. The van der Waals surface area contributed by atoms with Crippen LogP contribution in [0.5, 0.6) is 5.75 Å². The maximum atomic E-state index is 5.99. The summed E-state index contributed by atoms with van der Waals surface area (Å²) >= 11 is 0. The fourth-order valence-corrected chi connectivity index (χ4v) is 1.66. The van der Waals surface area contributed by atoms with Crippen molar-refractivity contribution in [3.8, 4) is 5.75 Å². The topological polar surface area (TPSA) is 35.2 Å². The summed E-state index contributed by atoms with van der Waals surface area (Å²) in [6, 6.07) is 6.28. The molecular formula is C14H23NO. The first-order chi connectivity index (χ1) is 7.42. The average molecular weight is 221 g/mol. The molecule has 2 nitrogen and oxygen atoms in total. The van der Waals surface area contributed by atoms with Crippen LogP contribution in [0.1, 0.15) is 38.3 Å². The van der Waals surface area contributed by atoms with Crippen LogP contribution in [0.4, 0.5) is 0 Å². The third kappa shape index (κ3) is 4.23. The van der Waals surface area contributed by atoms with Crippen LogP contribution in [0.15, 0.2) is 18.2 Å². The van der Waals surface area contributed by atoms with Crippen molar-refractivity contribution >= 4 is 0 Å². The van der Waals surface area contributed by atoms with Gasteiger partial charge in [0.05, 0.1) is 6.61 Å². The van der Waals surface area contributed by atoms with E-state index in [-0.39, 0.29) is 5.54 Å². The number of aryl methyl sites for hydroxylation is 2. The zero-order valence-corrected chi connectivity index (χ0v) is 10.8. The SMILES string of the molecule is CCOc1ccc(CCC(C)(C)N)c(C)c1. The molecule has 16 heavy (non-hydrogen) atoms. The summed E-state index contributed by atoms with van der Waals surface area (Å²) in [5, 5.41) is 0. The number of rotatable bonds is 5. The summed E-state index contributed by atoms with van der Waals surface area (Å²) in [5.74, 6) is 0.954. The van der Waals surface area contributed by atoms with Crippen LogP contribution in [0.2, 0.25) is 0 Å². The fourth-order valence-electron chi connectivity index (χ4n) is 1.66. The van der Waals surface area contributed by atoms with Crippen LogP contribution >= 0.6 is 0 Å². The molecule has 0 amide bonds. The molecule has 1 rings (SSSR count). The Morgan fingerprint density at radius 2 is 2.00 bits per heavy atom. The molecule has 0 saturated carbocycles. The standard InChI is InChI=1S/C14H23NO/c1-5-16-13-7-6-12(11(2)10-13)8-9-14(3,4)15/h6-7,10H,5,8-9,15H2,1-4H3. The van der Waals surface area contributed by atoms with Gasteiger partial charge in [0.15, 0.2) is 0 Å². The van der Waals surface area contributed by atoms with Crippen molar-refractivity contribution in [1.82, 2.24) is 0 Å². The smallest absolute Gasteiger partial charge is 0.119 e. The Labute approximate surface area is 98.8 Å². The molecular weight excluding hydrogens is 198 g/mol. The van der Waals surface area contributed by atoms with E-state index in [4.69, 9.17) is 10.5 Å². The Hall–Kier alpha value is -1.02. The minimum atomic E-state index is -0.0922. The summed E-state index contributed by atoms with van der Waals surface area (Å²) < 4.78 is 5.46. The van der Waals surface area contributed by atoms with Crippen molar-refractivity contribution in [2.24, 2.45) is 5.73 Å². The van der Waals surface area contributed by atoms with Crippen molar-refractivity contribution in [2.75, 3.05) is 6.61 Å². The molecule has 0 unspecified atom stereocenters. The highest BCUT2D eigenvalue weighted by Crippen LogP contribution is 2.20. The van der Waals surface area contributed by atoms with Gasteiger partial charge in [-0.1, -0.05) is 6.07 Å². The first-order valence-corrected chi connectivity index (χ1v) is 5.93. The van der Waals surface area contributed by atoms with E-state index < -0.39 is 0 Å². The highest BCUT2D eigenvalue weighted by atomic mass is 16.5. The van der Waals surface area contributed by atoms with E-state index in [2.05, 4.69) is 32.9 Å². The summed E-state index contributed by atoms with van der Waals surface area (Å²) in [6.07, 6.45) is 2.03. The van der Waals surface area contributed by atoms with Crippen molar-refractivity contribution in [3.05, 3.63) is 29.3 Å². The maximum Gasteiger partial charge on any atom is 0.119 e. The van der Waals surface area contributed by atoms with Gasteiger partial charge in [0.1, 0.15) is 5.75 Å². The van der Waals surface area contributed by atoms with E-state index in [1.807, 2.05) is 13.0 Å². The van der Waals surface area contributed by atoms with Gasteiger partial charge in [-0.25, -0.2) is 0 Å². The summed E-state index contributed by atoms with van der Waals surface area (Å²) in [7, 11) is 0. The van der Waals surface area contributed by atoms with Crippen LogP contribution in [-0.4, -0.2) is 12.1 Å². The predicted octanol–water partition coefficient (Wildman–Crippen LogP) is 3.06. The van der Waals surface area contributed by atoms with Gasteiger partial charge in [-0.2, -0.15) is 0 Å². The molecule has 0 heterocycles. The lowest BCUT2D eigenvalue weighted by atomic mass is 9.94. The normalized spacial score (nSPS) is 11.6. The molecule has 0 saturated heterocycles. The number of hydrogen-bond acceptors (Lipinski definition) is 2. The molecule has 0 aliphatic rings. The lowest BCUT2D eigenvalue weighted by Crippen LogP contribution is -2.32. The number of hydrogen-bond donors (Lipinski definition) is 1. The zero-order chi connectivity index (χ0) is 12.2. The van der Waals surface area contributed by atoms with E-state index in [9.17, 15) is 0 Å². The summed E-state index contributed by atoms with van der Waals surface area (Å²) in [5.41, 5.74) is 8.54. The highest BCUT2D eigenvalue weighted by Gasteiger charge is 2.11. The molecule has 0 radical (unpaired) electrons. The molecule has 0 aliphatic carbocycles. The molecule has 2 N–H and O–H groups in total. The van der Waals surface area contributed by atoms with Gasteiger partial charge in [-0.05, 0) is 63.8 Å². The van der Waals surface area contributed by atoms with Crippen LogP contribution in [0, 0.1) is 6.92 Å². The van der Waals surface area contributed by atoms with Crippen molar-refractivity contribution < 1.29 is 4.74 Å². The maximum absolute atomic E-state index is 5.99. The van der Waals surface area contributed by atoms with Gasteiger partial charge >= 0.3 is 0 Å². The van der Waals surface area contributed by atoms with Gasteiger partial charge in [0.2, 0.25) is 0 Å². The van der Waals surface area contributed by atoms with Crippen LogP contribution < -0.4 is 10.5 Å². The average Bonchev–Trinajstić information content (AvgIpc) is 2.15. The highest BCUT2D eigenvalue weighted by molar-refractivity contribution is 5.35. The van der Waals surface area contributed by atoms with Gasteiger partial charge in [-0.15, -0.1) is 0 Å². The molecule has 0 aliphatic heterocycles. The summed E-state index contributed by atoms with van der Waals surface area (Å²) in [6.45, 7) is 8.98. The minimum Gasteiger partial charge on any atom is -0.494 e. The Bertz CT molecular complexity index is 339. The van der Waals surface area contributed by atoms with E-state index in [1.165, 1.54) is 11.1 Å². The quantitative estimate of drug-likeness (QED) is 0.829. The molecule has 0 fully saturated rings. The monoisotopic (exact) mass is 221 g/mol. The summed E-state index contributed by atoms with van der Waals surface area (Å²) in [4.78, 5) is 0. The second-order valence-electron chi connectivity index (χ2n) is 5.01. The van der Waals surface area contributed by atoms with Crippen LogP contribution in [0.25, 0.3) is 0 Å². The van der Waals surface area contributed by atoms with Crippen molar-refractivity contribution in [1.29, 1.82) is 0 Å². The second-order valence-corrected chi connectivity index (χ2v) is 5.01. The number of ether oxygens (including phenoxy) is 1. The molecule has 2 heteroatoms. The lowest BCUT2D eigenvalue weighted by molar-refractivity contribution is 0.340. The number of nitrogens with two attached hydrogens (primary N) is 1. The van der Waals surface area contributed by atoms with Gasteiger partial charge in [0, 0.05) is 5.54 Å². The molecule has 1 aromatic rings. The van der Waals surface area contributed by atoms with Crippen molar-refractivity contribution in [3.63, 3.8) is 0 Å².